The quantitative estimate of drug-likeness (QED) is 0.478. The number of rotatable bonds is 6. The van der Waals surface area contributed by atoms with E-state index in [1.165, 1.54) is 19.1 Å². The van der Waals surface area contributed by atoms with Gasteiger partial charge in [0.25, 0.3) is 5.95 Å². The average molecular weight is 470 g/mol. The highest BCUT2D eigenvalue weighted by Gasteiger charge is 2.50. The van der Waals surface area contributed by atoms with Crippen molar-refractivity contribution in [3.05, 3.63) is 72.4 Å². The number of cyclic esters (lactones) is 2. The summed E-state index contributed by atoms with van der Waals surface area (Å²) in [5, 5.41) is 2.75. The molecule has 0 unspecified atom stereocenters. The summed E-state index contributed by atoms with van der Waals surface area (Å²) in [4.78, 5) is 37.5. The SMILES string of the molecule is C=C1OC(=O)C(C)(C[C@@H](Cc2ccc(-c3cccc(F)c3)cc2)NC(=O)OC(C)(C)C)C(=O)O1. The molecule has 2 aromatic rings. The molecule has 34 heavy (non-hydrogen) atoms. The smallest absolute Gasteiger partial charge is 0.407 e. The molecule has 180 valence electrons. The van der Waals surface area contributed by atoms with Crippen molar-refractivity contribution < 1.29 is 33.0 Å². The maximum Gasteiger partial charge on any atom is 0.407 e. The fourth-order valence-electron chi connectivity index (χ4n) is 3.63. The lowest BCUT2D eigenvalue weighted by atomic mass is 9.81. The van der Waals surface area contributed by atoms with E-state index in [1.807, 2.05) is 24.3 Å². The molecule has 8 heteroatoms. The fourth-order valence-corrected chi connectivity index (χ4v) is 3.63. The topological polar surface area (TPSA) is 90.9 Å². The standard InChI is InChI=1S/C26H28FNO6/c1-16-32-22(29)26(5,23(30)33-16)15-21(28-24(31)34-25(2,3)4)13-17-9-11-18(12-10-17)19-7-6-8-20(27)14-19/h6-12,14,21H,1,13,15H2,2-5H3,(H,28,31)/t21-/m1/s1. The molecule has 2 aromatic carbocycles. The van der Waals surface area contributed by atoms with Crippen molar-refractivity contribution >= 4 is 18.0 Å². The number of nitrogens with one attached hydrogen (secondary N) is 1. The van der Waals surface area contributed by atoms with Crippen LogP contribution in [-0.4, -0.2) is 29.7 Å². The monoisotopic (exact) mass is 469 g/mol. The number of carbonyl (C=O) groups excluding carboxylic acids is 3. The van der Waals surface area contributed by atoms with Crippen LogP contribution < -0.4 is 5.32 Å². The lowest BCUT2D eigenvalue weighted by molar-refractivity contribution is -0.186. The van der Waals surface area contributed by atoms with Crippen molar-refractivity contribution in [2.75, 3.05) is 0 Å². The molecule has 1 fully saturated rings. The van der Waals surface area contributed by atoms with E-state index in [1.54, 1.807) is 32.9 Å². The van der Waals surface area contributed by atoms with Gasteiger partial charge >= 0.3 is 18.0 Å². The molecule has 1 heterocycles. The second kappa shape index (κ2) is 9.67. The minimum Gasteiger partial charge on any atom is -0.444 e. The van der Waals surface area contributed by atoms with E-state index in [0.717, 1.165) is 16.7 Å². The van der Waals surface area contributed by atoms with E-state index in [0.29, 0.717) is 6.42 Å². The normalized spacial score (nSPS) is 16.3. The van der Waals surface area contributed by atoms with Gasteiger partial charge < -0.3 is 19.5 Å². The molecule has 1 N–H and O–H groups in total. The molecule has 0 bridgehead atoms. The Labute approximate surface area is 197 Å². The van der Waals surface area contributed by atoms with Gasteiger partial charge in [-0.15, -0.1) is 0 Å². The molecule has 3 rings (SSSR count). The number of alkyl carbamates (subject to hydrolysis) is 1. The number of halogens is 1. The van der Waals surface area contributed by atoms with E-state index in [2.05, 4.69) is 11.9 Å². The minimum atomic E-state index is -1.64. The van der Waals surface area contributed by atoms with Crippen molar-refractivity contribution in [1.29, 1.82) is 0 Å². The zero-order valence-corrected chi connectivity index (χ0v) is 19.6. The van der Waals surface area contributed by atoms with Gasteiger partial charge in [-0.25, -0.2) is 9.18 Å². The number of hydrogen-bond acceptors (Lipinski definition) is 6. The third kappa shape index (κ3) is 6.21. The zero-order chi connectivity index (χ0) is 25.1. The lowest BCUT2D eigenvalue weighted by Gasteiger charge is -2.33. The molecule has 1 aliphatic heterocycles. The molecule has 0 aliphatic carbocycles. The summed E-state index contributed by atoms with van der Waals surface area (Å²) >= 11 is 0. The van der Waals surface area contributed by atoms with Crippen molar-refractivity contribution in [3.8, 4) is 11.1 Å². The first kappa shape index (κ1) is 25.0. The Hall–Kier alpha value is -3.68. The molecule has 0 saturated carbocycles. The second-order valence-corrected chi connectivity index (χ2v) is 9.44. The maximum absolute atomic E-state index is 13.6. The molecule has 1 saturated heterocycles. The van der Waals surface area contributed by atoms with Gasteiger partial charge in [-0.3, -0.25) is 9.59 Å². The van der Waals surface area contributed by atoms with Gasteiger partial charge in [0.2, 0.25) is 0 Å². The van der Waals surface area contributed by atoms with Gasteiger partial charge in [-0.05, 0) is 75.9 Å². The van der Waals surface area contributed by atoms with Gasteiger partial charge in [-0.2, -0.15) is 0 Å². The molecular formula is C26H28FNO6. The molecule has 0 aromatic heterocycles. The molecule has 0 spiro atoms. The highest BCUT2D eigenvalue weighted by atomic mass is 19.1. The first-order valence-corrected chi connectivity index (χ1v) is 10.8. The Bertz CT molecular complexity index is 1080. The highest BCUT2D eigenvalue weighted by Crippen LogP contribution is 2.34. The van der Waals surface area contributed by atoms with E-state index in [9.17, 15) is 18.8 Å². The third-order valence-electron chi connectivity index (χ3n) is 5.28. The summed E-state index contributed by atoms with van der Waals surface area (Å²) in [6, 6.07) is 13.0. The number of amides is 1. The van der Waals surface area contributed by atoms with Crippen LogP contribution in [0.5, 0.6) is 0 Å². The minimum absolute atomic E-state index is 0.0805. The molecule has 1 atom stereocenters. The summed E-state index contributed by atoms with van der Waals surface area (Å²) in [5.74, 6) is -2.31. The van der Waals surface area contributed by atoms with Gasteiger partial charge in [0.1, 0.15) is 11.4 Å². The largest absolute Gasteiger partial charge is 0.444 e. The van der Waals surface area contributed by atoms with Crippen LogP contribution in [0.15, 0.2) is 61.1 Å². The average Bonchev–Trinajstić information content (AvgIpc) is 2.71. The number of ether oxygens (including phenoxy) is 3. The molecule has 1 aliphatic rings. The van der Waals surface area contributed by atoms with Crippen LogP contribution in [0.1, 0.15) is 39.7 Å². The van der Waals surface area contributed by atoms with E-state index in [4.69, 9.17) is 14.2 Å². The van der Waals surface area contributed by atoms with Gasteiger partial charge in [-0.1, -0.05) is 36.4 Å². The van der Waals surface area contributed by atoms with Crippen molar-refractivity contribution in [2.45, 2.75) is 52.2 Å². The Balaban J connectivity index is 1.82. The molecular weight excluding hydrogens is 441 g/mol. The van der Waals surface area contributed by atoms with Crippen LogP contribution in [-0.2, 0) is 30.2 Å². The lowest BCUT2D eigenvalue weighted by Crippen LogP contribution is -2.50. The predicted molar refractivity (Wildman–Crippen MR) is 123 cm³/mol. The second-order valence-electron chi connectivity index (χ2n) is 9.44. The zero-order valence-electron chi connectivity index (χ0n) is 19.6. The Morgan fingerprint density at radius 1 is 1.09 bits per heavy atom. The van der Waals surface area contributed by atoms with Gasteiger partial charge in [0, 0.05) is 6.04 Å². The van der Waals surface area contributed by atoms with Crippen molar-refractivity contribution in [2.24, 2.45) is 5.41 Å². The van der Waals surface area contributed by atoms with Crippen LogP contribution in [0.4, 0.5) is 9.18 Å². The number of carbonyl (C=O) groups is 3. The van der Waals surface area contributed by atoms with E-state index < -0.39 is 35.1 Å². The Morgan fingerprint density at radius 3 is 2.26 bits per heavy atom. The molecule has 7 nitrogen and oxygen atoms in total. The van der Waals surface area contributed by atoms with Gasteiger partial charge in [0.15, 0.2) is 5.41 Å². The van der Waals surface area contributed by atoms with E-state index >= 15 is 0 Å². The van der Waals surface area contributed by atoms with Crippen molar-refractivity contribution in [3.63, 3.8) is 0 Å². The summed E-state index contributed by atoms with van der Waals surface area (Å²) in [6.07, 6.45) is -0.470. The first-order valence-electron chi connectivity index (χ1n) is 10.8. The first-order chi connectivity index (χ1) is 15.9. The molecule has 1 amide bonds. The van der Waals surface area contributed by atoms with Crippen LogP contribution >= 0.6 is 0 Å². The van der Waals surface area contributed by atoms with Crippen LogP contribution in [0.25, 0.3) is 11.1 Å². The Morgan fingerprint density at radius 2 is 1.71 bits per heavy atom. The van der Waals surface area contributed by atoms with Crippen molar-refractivity contribution in [1.82, 2.24) is 5.32 Å². The highest BCUT2D eigenvalue weighted by molar-refractivity contribution is 6.01. The Kier molecular flexibility index (Phi) is 7.09. The number of hydrogen-bond donors (Lipinski definition) is 1. The number of benzene rings is 2. The van der Waals surface area contributed by atoms with E-state index in [-0.39, 0.29) is 18.2 Å². The summed E-state index contributed by atoms with van der Waals surface area (Å²) in [6.45, 7) is 9.95. The maximum atomic E-state index is 13.6. The third-order valence-corrected chi connectivity index (χ3v) is 5.28. The molecule has 0 radical (unpaired) electrons. The van der Waals surface area contributed by atoms with Crippen LogP contribution in [0.2, 0.25) is 0 Å². The summed E-state index contributed by atoms with van der Waals surface area (Å²) < 4.78 is 28.8. The van der Waals surface area contributed by atoms with Crippen LogP contribution in [0, 0.1) is 11.2 Å². The number of esters is 2. The summed E-state index contributed by atoms with van der Waals surface area (Å²) in [7, 11) is 0. The summed E-state index contributed by atoms with van der Waals surface area (Å²) in [5.41, 5.74) is 0.0144. The van der Waals surface area contributed by atoms with Gasteiger partial charge in [0.05, 0.1) is 0 Å². The van der Waals surface area contributed by atoms with Crippen LogP contribution in [0.3, 0.4) is 0 Å². The fraction of sp³-hybridized carbons (Fsp3) is 0.346. The predicted octanol–water partition coefficient (Wildman–Crippen LogP) is 4.90.